The second kappa shape index (κ2) is 10.8. The molecule has 192 valence electrons. The van der Waals surface area contributed by atoms with Crippen molar-refractivity contribution in [2.75, 3.05) is 0 Å². The average Bonchev–Trinajstić information content (AvgIpc) is 3.29. The van der Waals surface area contributed by atoms with Crippen LogP contribution in [0.4, 0.5) is 4.39 Å². The predicted molar refractivity (Wildman–Crippen MR) is 148 cm³/mol. The Hall–Kier alpha value is -4.18. The number of terminal acetylenes is 1. The minimum absolute atomic E-state index is 0.228. The second-order valence-electron chi connectivity index (χ2n) is 9.63. The van der Waals surface area contributed by atoms with Crippen LogP contribution in [0.1, 0.15) is 49.7 Å². The molecule has 0 spiro atoms. The van der Waals surface area contributed by atoms with Crippen molar-refractivity contribution < 1.29 is 4.39 Å². The van der Waals surface area contributed by atoms with Gasteiger partial charge in [-0.15, -0.1) is 11.5 Å². The van der Waals surface area contributed by atoms with Gasteiger partial charge in [0.15, 0.2) is 5.82 Å². The quantitative estimate of drug-likeness (QED) is 0.309. The molecule has 0 fully saturated rings. The fourth-order valence-electron chi connectivity index (χ4n) is 4.37. The smallest absolute Gasteiger partial charge is 0.153 e. The summed E-state index contributed by atoms with van der Waals surface area (Å²) in [6.45, 7) is 26.6. The van der Waals surface area contributed by atoms with Gasteiger partial charge in [-0.2, -0.15) is 4.68 Å². The van der Waals surface area contributed by atoms with Crippen molar-refractivity contribution in [3.05, 3.63) is 107 Å². The van der Waals surface area contributed by atoms with Crippen LogP contribution in [-0.2, 0) is 13.1 Å². The highest BCUT2D eigenvalue weighted by Crippen LogP contribution is 2.48. The average molecular weight is 499 g/mol. The van der Waals surface area contributed by atoms with Crippen LogP contribution >= 0.6 is 0 Å². The lowest BCUT2D eigenvalue weighted by atomic mass is 9.66. The molecule has 1 unspecified atom stereocenters. The Kier molecular flexibility index (Phi) is 8.03. The standard InChI is InChI=1S/C30H35FN6/c1-11-30(10)22(7)21(6)29(30)33-17-26-15-25(14-20(5)28(26)31)16-32-23(8)19(4)12-13-27(18(2)3)37-24(9)34-35-36-37/h1,13-15,32-33H,2,4,7-8,12,16-17H2,3,5-6,9-10H3. The zero-order valence-corrected chi connectivity index (χ0v) is 22.4. The van der Waals surface area contributed by atoms with Crippen LogP contribution in [0.25, 0.3) is 5.70 Å². The molecule has 0 radical (unpaired) electrons. The Morgan fingerprint density at radius 3 is 2.51 bits per heavy atom. The van der Waals surface area contributed by atoms with Crippen LogP contribution in [0.3, 0.4) is 0 Å². The topological polar surface area (TPSA) is 67.7 Å². The van der Waals surface area contributed by atoms with Crippen molar-refractivity contribution in [3.8, 4) is 12.3 Å². The number of nitrogens with one attached hydrogen (secondary N) is 2. The number of aryl methyl sites for hydroxylation is 2. The van der Waals surface area contributed by atoms with Gasteiger partial charge in [0, 0.05) is 30.0 Å². The van der Waals surface area contributed by atoms with Crippen LogP contribution in [0.15, 0.2) is 78.2 Å². The number of hydrogen-bond acceptors (Lipinski definition) is 5. The lowest BCUT2D eigenvalue weighted by Crippen LogP contribution is -2.39. The summed E-state index contributed by atoms with van der Waals surface area (Å²) < 4.78 is 16.6. The maximum absolute atomic E-state index is 14.9. The molecule has 2 aromatic rings. The van der Waals surface area contributed by atoms with Crippen molar-refractivity contribution in [3.63, 3.8) is 0 Å². The van der Waals surface area contributed by atoms with E-state index in [0.29, 0.717) is 42.2 Å². The summed E-state index contributed by atoms with van der Waals surface area (Å²) in [5, 5.41) is 18.3. The molecule has 0 saturated heterocycles. The zero-order valence-electron chi connectivity index (χ0n) is 22.4. The molecular formula is C30H35FN6. The molecule has 0 bridgehead atoms. The van der Waals surface area contributed by atoms with Crippen LogP contribution in [-0.4, -0.2) is 20.2 Å². The number of benzene rings is 1. The lowest BCUT2D eigenvalue weighted by molar-refractivity contribution is 0.508. The fraction of sp³-hybridized carbons (Fsp3) is 0.300. The molecule has 1 aromatic carbocycles. The number of aromatic nitrogens is 4. The first kappa shape index (κ1) is 27.4. The van der Waals surface area contributed by atoms with Crippen molar-refractivity contribution in [2.45, 2.75) is 54.1 Å². The molecule has 2 N–H and O–H groups in total. The molecule has 1 aliphatic rings. The van der Waals surface area contributed by atoms with Gasteiger partial charge >= 0.3 is 0 Å². The van der Waals surface area contributed by atoms with E-state index in [-0.39, 0.29) is 5.82 Å². The van der Waals surface area contributed by atoms with Gasteiger partial charge in [0.25, 0.3) is 0 Å². The van der Waals surface area contributed by atoms with Crippen LogP contribution in [0.5, 0.6) is 0 Å². The first-order valence-corrected chi connectivity index (χ1v) is 12.0. The third-order valence-corrected chi connectivity index (χ3v) is 6.83. The Bertz CT molecular complexity index is 1400. The third-order valence-electron chi connectivity index (χ3n) is 6.83. The first-order valence-electron chi connectivity index (χ1n) is 12.0. The van der Waals surface area contributed by atoms with E-state index >= 15 is 0 Å². The van der Waals surface area contributed by atoms with Crippen molar-refractivity contribution in [2.24, 2.45) is 5.41 Å². The second-order valence-corrected chi connectivity index (χ2v) is 9.63. The molecule has 1 aliphatic carbocycles. The van der Waals surface area contributed by atoms with E-state index in [1.807, 2.05) is 45.9 Å². The highest BCUT2D eigenvalue weighted by Gasteiger charge is 2.41. The number of rotatable bonds is 11. The van der Waals surface area contributed by atoms with Gasteiger partial charge in [-0.25, -0.2) is 4.39 Å². The minimum atomic E-state index is -0.533. The van der Waals surface area contributed by atoms with Gasteiger partial charge in [0.1, 0.15) is 5.82 Å². The molecule has 37 heavy (non-hydrogen) atoms. The number of halogens is 1. The van der Waals surface area contributed by atoms with Crippen LogP contribution < -0.4 is 10.6 Å². The zero-order chi connectivity index (χ0) is 27.5. The van der Waals surface area contributed by atoms with E-state index in [0.717, 1.165) is 39.2 Å². The van der Waals surface area contributed by atoms with Gasteiger partial charge in [0.05, 0.1) is 11.1 Å². The summed E-state index contributed by atoms with van der Waals surface area (Å²) in [5.41, 5.74) is 7.59. The molecule has 1 heterocycles. The first-order chi connectivity index (χ1) is 17.4. The maximum atomic E-state index is 14.9. The number of tetrazole rings is 1. The number of hydrogen-bond donors (Lipinski definition) is 2. The van der Waals surface area contributed by atoms with Gasteiger partial charge in [-0.1, -0.05) is 44.4 Å². The molecule has 3 rings (SSSR count). The van der Waals surface area contributed by atoms with E-state index < -0.39 is 5.41 Å². The Morgan fingerprint density at radius 2 is 1.92 bits per heavy atom. The predicted octanol–water partition coefficient (Wildman–Crippen LogP) is 5.67. The van der Waals surface area contributed by atoms with E-state index in [1.54, 1.807) is 11.6 Å². The van der Waals surface area contributed by atoms with Crippen molar-refractivity contribution in [1.82, 2.24) is 30.8 Å². The molecule has 6 nitrogen and oxygen atoms in total. The van der Waals surface area contributed by atoms with Gasteiger partial charge < -0.3 is 10.6 Å². The summed E-state index contributed by atoms with van der Waals surface area (Å²) in [6, 6.07) is 3.69. The summed E-state index contributed by atoms with van der Waals surface area (Å²) in [6.07, 6.45) is 8.25. The molecule has 1 aromatic heterocycles. The fourth-order valence-corrected chi connectivity index (χ4v) is 4.37. The molecular weight excluding hydrogens is 463 g/mol. The summed E-state index contributed by atoms with van der Waals surface area (Å²) in [5.74, 6) is 3.24. The Balaban J connectivity index is 1.65. The molecule has 1 atom stereocenters. The summed E-state index contributed by atoms with van der Waals surface area (Å²) in [7, 11) is 0. The van der Waals surface area contributed by atoms with E-state index in [9.17, 15) is 4.39 Å². The Morgan fingerprint density at radius 1 is 1.22 bits per heavy atom. The van der Waals surface area contributed by atoms with Gasteiger partial charge in [-0.05, 0) is 91.0 Å². The number of nitrogens with zero attached hydrogens (tertiary/aromatic N) is 4. The summed E-state index contributed by atoms with van der Waals surface area (Å²) >= 11 is 0. The molecule has 7 heteroatoms. The van der Waals surface area contributed by atoms with Crippen LogP contribution in [0, 0.1) is 37.4 Å². The minimum Gasteiger partial charge on any atom is -0.382 e. The third kappa shape index (κ3) is 5.49. The van der Waals surface area contributed by atoms with E-state index in [2.05, 4.69) is 58.4 Å². The molecule has 0 saturated carbocycles. The monoisotopic (exact) mass is 498 g/mol. The van der Waals surface area contributed by atoms with Crippen molar-refractivity contribution >= 4 is 5.70 Å². The highest BCUT2D eigenvalue weighted by atomic mass is 19.1. The Labute approximate surface area is 219 Å². The van der Waals surface area contributed by atoms with E-state index in [4.69, 9.17) is 6.42 Å². The molecule has 0 amide bonds. The molecule has 0 aliphatic heterocycles. The SMILES string of the molecule is C#CC1(C)C(=C)C(C)=C1NCc1cc(CNC(=C)C(=C)CC=C(C(=C)C)n2nnnc2C)cc(C)c1F. The lowest BCUT2D eigenvalue weighted by Gasteiger charge is -2.41. The van der Waals surface area contributed by atoms with E-state index in [1.165, 1.54) is 0 Å². The maximum Gasteiger partial charge on any atom is 0.153 e. The van der Waals surface area contributed by atoms with Gasteiger partial charge in [-0.3, -0.25) is 0 Å². The largest absolute Gasteiger partial charge is 0.382 e. The normalized spacial score (nSPS) is 17.2. The van der Waals surface area contributed by atoms with Crippen LogP contribution in [0.2, 0.25) is 0 Å². The van der Waals surface area contributed by atoms with Crippen molar-refractivity contribution in [1.29, 1.82) is 0 Å². The number of allylic oxidation sites excluding steroid dienone is 6. The van der Waals surface area contributed by atoms with Gasteiger partial charge in [0.2, 0.25) is 0 Å². The summed E-state index contributed by atoms with van der Waals surface area (Å²) in [4.78, 5) is 0. The highest BCUT2D eigenvalue weighted by molar-refractivity contribution is 5.62.